The van der Waals surface area contributed by atoms with Gasteiger partial charge >= 0.3 is 5.91 Å². The first-order valence-corrected chi connectivity index (χ1v) is 5.96. The fourth-order valence-corrected chi connectivity index (χ4v) is 1.22. The molecule has 0 bridgehead atoms. The van der Waals surface area contributed by atoms with Crippen molar-refractivity contribution in [3.63, 3.8) is 0 Å². The molecule has 0 aliphatic heterocycles. The zero-order valence-corrected chi connectivity index (χ0v) is 8.67. The van der Waals surface area contributed by atoms with Crippen molar-refractivity contribution in [2.75, 3.05) is 17.7 Å². The Morgan fingerprint density at radius 1 is 1.71 bits per heavy atom. The van der Waals surface area contributed by atoms with Crippen molar-refractivity contribution in [3.05, 3.63) is 5.82 Å². The van der Waals surface area contributed by atoms with Crippen LogP contribution in [0.4, 0.5) is 5.95 Å². The molecule has 1 heterocycles. The van der Waals surface area contributed by atoms with Gasteiger partial charge in [0.2, 0.25) is 11.8 Å². The molecule has 0 aromatic carbocycles. The van der Waals surface area contributed by atoms with E-state index in [1.807, 2.05) is 0 Å². The third-order valence-electron chi connectivity index (χ3n) is 1.52. The molecule has 1 rings (SSSR count). The van der Waals surface area contributed by atoms with Gasteiger partial charge in [-0.05, 0) is 0 Å². The second-order valence-electron chi connectivity index (χ2n) is 2.69. The Bertz CT molecular complexity index is 457. The molecule has 1 amide bonds. The molecular formula is C6H11N5O2S. The molecule has 78 valence electrons. The smallest absolute Gasteiger partial charge is 0.322 e. The summed E-state index contributed by atoms with van der Waals surface area (Å²) in [5.74, 6) is -0.515. The van der Waals surface area contributed by atoms with Crippen LogP contribution in [-0.4, -0.2) is 37.3 Å². The van der Waals surface area contributed by atoms with Crippen LogP contribution >= 0.6 is 0 Å². The third kappa shape index (κ3) is 2.52. The van der Waals surface area contributed by atoms with Crippen molar-refractivity contribution in [1.82, 2.24) is 15.2 Å². The summed E-state index contributed by atoms with van der Waals surface area (Å²) in [6.45, 7) is 1.69. The minimum atomic E-state index is -2.46. The Hall–Kier alpha value is -1.44. The molecule has 1 aromatic rings. The Morgan fingerprint density at radius 2 is 2.36 bits per heavy atom. The number of aromatic amines is 1. The van der Waals surface area contributed by atoms with Crippen LogP contribution in [0.5, 0.6) is 0 Å². The molecule has 0 aliphatic carbocycles. The highest BCUT2D eigenvalue weighted by molar-refractivity contribution is 7.93. The molecule has 1 aromatic heterocycles. The van der Waals surface area contributed by atoms with Gasteiger partial charge in [0.25, 0.3) is 0 Å². The van der Waals surface area contributed by atoms with Gasteiger partial charge in [-0.25, -0.2) is 4.21 Å². The molecule has 7 nitrogen and oxygen atoms in total. The first-order chi connectivity index (χ1) is 6.44. The number of nitrogens with one attached hydrogen (secondary N) is 1. The average molecular weight is 217 g/mol. The van der Waals surface area contributed by atoms with Gasteiger partial charge in [-0.2, -0.15) is 9.35 Å². The summed E-state index contributed by atoms with van der Waals surface area (Å²) < 4.78 is 15.0. The number of hydrogen-bond donors (Lipinski definition) is 2. The summed E-state index contributed by atoms with van der Waals surface area (Å²) in [7, 11) is -2.46. The number of nitrogen functional groups attached to an aromatic ring is 1. The van der Waals surface area contributed by atoms with Crippen LogP contribution < -0.4 is 5.73 Å². The highest BCUT2D eigenvalue weighted by atomic mass is 32.2. The summed E-state index contributed by atoms with van der Waals surface area (Å²) in [6, 6.07) is 0. The lowest BCUT2D eigenvalue weighted by Crippen LogP contribution is -2.06. The maximum absolute atomic E-state index is 11.5. The van der Waals surface area contributed by atoms with E-state index < -0.39 is 15.6 Å². The lowest BCUT2D eigenvalue weighted by molar-refractivity contribution is 0.0995. The molecule has 1 atom stereocenters. The second-order valence-corrected chi connectivity index (χ2v) is 5.37. The van der Waals surface area contributed by atoms with E-state index >= 15 is 0 Å². The number of amides is 1. The number of carbonyl (C=O) groups excluding carboxylic acids is 1. The van der Waals surface area contributed by atoms with Crippen molar-refractivity contribution in [2.45, 2.75) is 6.92 Å². The van der Waals surface area contributed by atoms with Crippen LogP contribution in [0.25, 0.3) is 0 Å². The maximum Gasteiger partial charge on any atom is 0.322 e. The molecule has 14 heavy (non-hydrogen) atoms. The van der Waals surface area contributed by atoms with Crippen LogP contribution in [-0.2, 0) is 9.73 Å². The highest BCUT2D eigenvalue weighted by Crippen LogP contribution is 1.99. The number of carbonyl (C=O) groups is 1. The quantitative estimate of drug-likeness (QED) is 0.702. The van der Waals surface area contributed by atoms with Crippen LogP contribution in [0, 0.1) is 0 Å². The normalized spacial score (nSPS) is 14.7. The molecule has 1 unspecified atom stereocenters. The lowest BCUT2D eigenvalue weighted by Gasteiger charge is -1.95. The predicted octanol–water partition coefficient (Wildman–Crippen LogP) is -0.355. The number of H-pyrrole nitrogens is 1. The SMILES string of the molecule is CCS(C)(=O)=NC(=O)c1nc(N)n[nH]1. The Kier molecular flexibility index (Phi) is 2.84. The molecule has 0 radical (unpaired) electrons. The first kappa shape index (κ1) is 10.6. The summed E-state index contributed by atoms with van der Waals surface area (Å²) in [6.07, 6.45) is 1.41. The van der Waals surface area contributed by atoms with E-state index in [4.69, 9.17) is 5.73 Å². The van der Waals surface area contributed by atoms with Crippen molar-refractivity contribution < 1.29 is 9.00 Å². The number of hydrogen-bond acceptors (Lipinski definition) is 5. The zero-order valence-electron chi connectivity index (χ0n) is 7.85. The summed E-state index contributed by atoms with van der Waals surface area (Å²) >= 11 is 0. The number of rotatable bonds is 2. The molecule has 3 N–H and O–H groups in total. The molecule has 0 spiro atoms. The van der Waals surface area contributed by atoms with Crippen molar-refractivity contribution >= 4 is 21.6 Å². The average Bonchev–Trinajstić information content (AvgIpc) is 2.51. The first-order valence-electron chi connectivity index (χ1n) is 3.86. The van der Waals surface area contributed by atoms with Crippen molar-refractivity contribution in [1.29, 1.82) is 0 Å². The topological polar surface area (TPSA) is 114 Å². The number of aromatic nitrogens is 3. The van der Waals surface area contributed by atoms with Crippen molar-refractivity contribution in [2.24, 2.45) is 4.36 Å². The van der Waals surface area contributed by atoms with Gasteiger partial charge in [0, 0.05) is 12.0 Å². The van der Waals surface area contributed by atoms with Gasteiger partial charge in [-0.15, -0.1) is 5.10 Å². The predicted molar refractivity (Wildman–Crippen MR) is 52.2 cm³/mol. The summed E-state index contributed by atoms with van der Waals surface area (Å²) in [5.41, 5.74) is 5.19. The van der Waals surface area contributed by atoms with Gasteiger partial charge in [0.15, 0.2) is 0 Å². The number of nitrogens with zero attached hydrogens (tertiary/aromatic N) is 3. The van der Waals surface area contributed by atoms with Gasteiger partial charge in [-0.3, -0.25) is 9.89 Å². The molecule has 0 aliphatic rings. The minimum Gasteiger partial charge on any atom is -0.366 e. The third-order valence-corrected chi connectivity index (χ3v) is 3.14. The van der Waals surface area contributed by atoms with Gasteiger partial charge in [0.1, 0.15) is 0 Å². The standard InChI is InChI=1S/C6H11N5O2S/c1-3-14(2,13)11-5(12)4-8-6(7)10-9-4/h3H2,1-2H3,(H3,7,8,9,10). The second kappa shape index (κ2) is 3.74. The van der Waals surface area contributed by atoms with Gasteiger partial charge in [-0.1, -0.05) is 6.92 Å². The molecule has 0 saturated heterocycles. The minimum absolute atomic E-state index is 0.0392. The maximum atomic E-state index is 11.5. The van der Waals surface area contributed by atoms with E-state index in [2.05, 4.69) is 19.5 Å². The fraction of sp³-hybridized carbons (Fsp3) is 0.500. The molecule has 0 fully saturated rings. The fourth-order valence-electron chi connectivity index (χ4n) is 0.654. The van der Waals surface area contributed by atoms with E-state index in [1.54, 1.807) is 6.92 Å². The van der Waals surface area contributed by atoms with Crippen LogP contribution in [0.15, 0.2) is 4.36 Å². The van der Waals surface area contributed by atoms with Gasteiger partial charge < -0.3 is 5.73 Å². The van der Waals surface area contributed by atoms with E-state index in [1.165, 1.54) is 6.26 Å². The summed E-state index contributed by atoms with van der Waals surface area (Å²) in [5, 5.41) is 5.76. The highest BCUT2D eigenvalue weighted by Gasteiger charge is 2.11. The molecule has 0 saturated carbocycles. The zero-order chi connectivity index (χ0) is 10.8. The van der Waals surface area contributed by atoms with E-state index in [9.17, 15) is 9.00 Å². The van der Waals surface area contributed by atoms with Gasteiger partial charge in [0.05, 0.1) is 9.73 Å². The van der Waals surface area contributed by atoms with Crippen LogP contribution in [0.2, 0.25) is 0 Å². The van der Waals surface area contributed by atoms with Crippen molar-refractivity contribution in [3.8, 4) is 0 Å². The van der Waals surface area contributed by atoms with Crippen LogP contribution in [0.3, 0.4) is 0 Å². The largest absolute Gasteiger partial charge is 0.366 e. The Labute approximate surface area is 81.3 Å². The van der Waals surface area contributed by atoms with E-state index in [-0.39, 0.29) is 11.8 Å². The number of anilines is 1. The Balaban J connectivity index is 2.99. The lowest BCUT2D eigenvalue weighted by atomic mass is 10.6. The van der Waals surface area contributed by atoms with Crippen LogP contribution in [0.1, 0.15) is 17.5 Å². The van der Waals surface area contributed by atoms with E-state index in [0.29, 0.717) is 5.75 Å². The molecule has 8 heteroatoms. The Morgan fingerprint density at radius 3 is 2.79 bits per heavy atom. The number of nitrogens with two attached hydrogens (primary N) is 1. The molecular weight excluding hydrogens is 206 g/mol. The summed E-state index contributed by atoms with van der Waals surface area (Å²) in [4.78, 5) is 14.9. The van der Waals surface area contributed by atoms with E-state index in [0.717, 1.165) is 0 Å². The monoisotopic (exact) mass is 217 g/mol.